The van der Waals surface area contributed by atoms with Gasteiger partial charge in [0, 0.05) is 11.8 Å². The van der Waals surface area contributed by atoms with Crippen molar-refractivity contribution in [3.05, 3.63) is 0 Å². The monoisotopic (exact) mass is 210 g/mol. The highest BCUT2D eigenvalue weighted by atomic mass is 16.1. The van der Waals surface area contributed by atoms with E-state index in [1.165, 1.54) is 25.7 Å². The Bertz CT molecular complexity index is 201. The van der Waals surface area contributed by atoms with Crippen LogP contribution in [0, 0.1) is 23.7 Å². The van der Waals surface area contributed by atoms with Gasteiger partial charge in [0.2, 0.25) is 0 Å². The first kappa shape index (κ1) is 12.7. The van der Waals surface area contributed by atoms with Crippen LogP contribution < -0.4 is 0 Å². The predicted molar refractivity (Wildman–Crippen MR) is 64.7 cm³/mol. The fourth-order valence-electron chi connectivity index (χ4n) is 2.39. The number of hydrogen-bond acceptors (Lipinski definition) is 1. The Labute approximate surface area is 94.6 Å². The molecule has 1 atom stereocenters. The van der Waals surface area contributed by atoms with Crippen molar-refractivity contribution in [2.45, 2.75) is 59.8 Å². The first-order valence-corrected chi connectivity index (χ1v) is 6.56. The van der Waals surface area contributed by atoms with Gasteiger partial charge in [-0.1, -0.05) is 40.5 Å². The van der Waals surface area contributed by atoms with Crippen molar-refractivity contribution in [1.29, 1.82) is 0 Å². The van der Waals surface area contributed by atoms with E-state index in [1.807, 2.05) is 13.8 Å². The molecule has 0 saturated heterocycles. The second-order valence-electron chi connectivity index (χ2n) is 5.83. The second kappa shape index (κ2) is 5.67. The summed E-state index contributed by atoms with van der Waals surface area (Å²) in [5.41, 5.74) is 0. The fourth-order valence-corrected chi connectivity index (χ4v) is 2.39. The lowest BCUT2D eigenvalue weighted by atomic mass is 9.70. The third-order valence-corrected chi connectivity index (χ3v) is 3.71. The Morgan fingerprint density at radius 2 is 1.73 bits per heavy atom. The van der Waals surface area contributed by atoms with Gasteiger partial charge in [-0.05, 0) is 31.1 Å². The second-order valence-corrected chi connectivity index (χ2v) is 5.83. The Hall–Kier alpha value is -0.330. The van der Waals surface area contributed by atoms with E-state index in [1.54, 1.807) is 0 Å². The van der Waals surface area contributed by atoms with Crippen molar-refractivity contribution < 1.29 is 4.79 Å². The van der Waals surface area contributed by atoms with Gasteiger partial charge in [0.05, 0.1) is 0 Å². The summed E-state index contributed by atoms with van der Waals surface area (Å²) in [5.74, 6) is 2.57. The van der Waals surface area contributed by atoms with E-state index >= 15 is 0 Å². The molecule has 15 heavy (non-hydrogen) atoms. The van der Waals surface area contributed by atoms with E-state index in [4.69, 9.17) is 0 Å². The number of hydrogen-bond donors (Lipinski definition) is 0. The molecule has 1 rings (SSSR count). The van der Waals surface area contributed by atoms with Crippen LogP contribution in [0.1, 0.15) is 59.8 Å². The molecule has 1 saturated carbocycles. The highest BCUT2D eigenvalue weighted by Crippen LogP contribution is 2.37. The zero-order chi connectivity index (χ0) is 11.4. The molecule has 0 aromatic rings. The van der Waals surface area contributed by atoms with E-state index in [0.717, 1.165) is 18.3 Å². The average molecular weight is 210 g/mol. The molecule has 1 aliphatic carbocycles. The van der Waals surface area contributed by atoms with E-state index < -0.39 is 0 Å². The molecule has 0 aromatic carbocycles. The van der Waals surface area contributed by atoms with Gasteiger partial charge in [0.25, 0.3) is 0 Å². The van der Waals surface area contributed by atoms with Crippen molar-refractivity contribution in [2.24, 2.45) is 23.7 Å². The van der Waals surface area contributed by atoms with Crippen LogP contribution in [0.2, 0.25) is 0 Å². The zero-order valence-electron chi connectivity index (χ0n) is 10.8. The Kier molecular flexibility index (Phi) is 4.82. The molecule has 88 valence electrons. The molecule has 1 fully saturated rings. The molecule has 0 spiro atoms. The molecule has 0 aliphatic heterocycles. The molecular weight excluding hydrogens is 184 g/mol. The van der Waals surface area contributed by atoms with Gasteiger partial charge in [0.15, 0.2) is 0 Å². The molecule has 0 radical (unpaired) electrons. The van der Waals surface area contributed by atoms with Crippen molar-refractivity contribution in [2.75, 3.05) is 0 Å². The lowest BCUT2D eigenvalue weighted by Crippen LogP contribution is -2.31. The molecule has 0 bridgehead atoms. The summed E-state index contributed by atoms with van der Waals surface area (Å²) in [6.45, 7) is 8.59. The van der Waals surface area contributed by atoms with Crippen LogP contribution in [0.25, 0.3) is 0 Å². The summed E-state index contributed by atoms with van der Waals surface area (Å²) in [6.07, 6.45) is 6.26. The highest BCUT2D eigenvalue weighted by Gasteiger charge is 2.32. The van der Waals surface area contributed by atoms with Crippen molar-refractivity contribution >= 4 is 5.78 Å². The minimum absolute atomic E-state index is 0.225. The molecule has 0 amide bonds. The van der Waals surface area contributed by atoms with Crippen molar-refractivity contribution in [1.82, 2.24) is 0 Å². The highest BCUT2D eigenvalue weighted by molar-refractivity contribution is 5.83. The van der Waals surface area contributed by atoms with Crippen LogP contribution in [0.15, 0.2) is 0 Å². The van der Waals surface area contributed by atoms with Gasteiger partial charge in [-0.25, -0.2) is 0 Å². The van der Waals surface area contributed by atoms with Gasteiger partial charge in [-0.2, -0.15) is 0 Å². The number of Topliss-reactive ketones (excluding diaryl/α,β-unsaturated/α-hetero) is 1. The van der Waals surface area contributed by atoms with Gasteiger partial charge in [-0.3, -0.25) is 4.79 Å². The van der Waals surface area contributed by atoms with Crippen LogP contribution in [-0.2, 0) is 4.79 Å². The number of carbonyl (C=O) groups excluding carboxylic acids is 1. The van der Waals surface area contributed by atoms with E-state index in [-0.39, 0.29) is 5.92 Å². The van der Waals surface area contributed by atoms with Crippen LogP contribution in [-0.4, -0.2) is 5.78 Å². The molecule has 1 heteroatoms. The van der Waals surface area contributed by atoms with Gasteiger partial charge in [-0.15, -0.1) is 0 Å². The fraction of sp³-hybridized carbons (Fsp3) is 0.929. The minimum Gasteiger partial charge on any atom is -0.299 e. The smallest absolute Gasteiger partial charge is 0.138 e. The Morgan fingerprint density at radius 3 is 2.07 bits per heavy atom. The number of rotatable bonds is 6. The third-order valence-electron chi connectivity index (χ3n) is 3.71. The number of carbonyl (C=O) groups is 1. The predicted octanol–water partition coefficient (Wildman–Crippen LogP) is 4.06. The molecular formula is C14H26O. The quantitative estimate of drug-likeness (QED) is 0.646. The summed E-state index contributed by atoms with van der Waals surface area (Å²) in [5, 5.41) is 0. The topological polar surface area (TPSA) is 17.1 Å². The first-order chi connectivity index (χ1) is 7.02. The summed E-state index contributed by atoms with van der Waals surface area (Å²) < 4.78 is 0. The summed E-state index contributed by atoms with van der Waals surface area (Å²) in [4.78, 5) is 12.1. The molecule has 1 aliphatic rings. The Morgan fingerprint density at radius 1 is 1.13 bits per heavy atom. The lowest BCUT2D eigenvalue weighted by Gasteiger charge is -2.34. The SMILES string of the molecule is CC(C)CC[C@@H](C(=O)C(C)C)C1CCC1. The van der Waals surface area contributed by atoms with E-state index in [9.17, 15) is 4.79 Å². The molecule has 0 N–H and O–H groups in total. The normalized spacial score (nSPS) is 19.3. The van der Waals surface area contributed by atoms with Gasteiger partial charge < -0.3 is 0 Å². The van der Waals surface area contributed by atoms with Crippen molar-refractivity contribution in [3.8, 4) is 0 Å². The molecule has 0 unspecified atom stereocenters. The maximum atomic E-state index is 12.1. The van der Waals surface area contributed by atoms with Crippen LogP contribution >= 0.6 is 0 Å². The minimum atomic E-state index is 0.225. The van der Waals surface area contributed by atoms with Gasteiger partial charge in [0.1, 0.15) is 5.78 Å². The summed E-state index contributed by atoms with van der Waals surface area (Å²) in [6, 6.07) is 0. The zero-order valence-corrected chi connectivity index (χ0v) is 10.8. The maximum Gasteiger partial charge on any atom is 0.138 e. The van der Waals surface area contributed by atoms with E-state index in [0.29, 0.717) is 11.7 Å². The van der Waals surface area contributed by atoms with Crippen LogP contribution in [0.4, 0.5) is 0 Å². The largest absolute Gasteiger partial charge is 0.299 e. The lowest BCUT2D eigenvalue weighted by molar-refractivity contribution is -0.129. The summed E-state index contributed by atoms with van der Waals surface area (Å²) >= 11 is 0. The van der Waals surface area contributed by atoms with E-state index in [2.05, 4.69) is 13.8 Å². The van der Waals surface area contributed by atoms with Crippen molar-refractivity contribution in [3.63, 3.8) is 0 Å². The first-order valence-electron chi connectivity index (χ1n) is 6.56. The maximum absolute atomic E-state index is 12.1. The van der Waals surface area contributed by atoms with Crippen LogP contribution in [0.5, 0.6) is 0 Å². The summed E-state index contributed by atoms with van der Waals surface area (Å²) in [7, 11) is 0. The Balaban J connectivity index is 2.48. The molecule has 1 nitrogen and oxygen atoms in total. The van der Waals surface area contributed by atoms with Gasteiger partial charge >= 0.3 is 0 Å². The molecule has 0 aromatic heterocycles. The van der Waals surface area contributed by atoms with Crippen LogP contribution in [0.3, 0.4) is 0 Å². The third kappa shape index (κ3) is 3.62. The number of ketones is 1. The standard InChI is InChI=1S/C14H26O/c1-10(2)8-9-13(12-6-5-7-12)14(15)11(3)4/h10-13H,5-9H2,1-4H3/t13-/m1/s1. The average Bonchev–Trinajstić information content (AvgIpc) is 2.07. The molecule has 0 heterocycles.